The lowest BCUT2D eigenvalue weighted by atomic mass is 9.85. The van der Waals surface area contributed by atoms with E-state index in [1.807, 2.05) is 6.92 Å². The van der Waals surface area contributed by atoms with Gasteiger partial charge in [-0.2, -0.15) is 0 Å². The van der Waals surface area contributed by atoms with Gasteiger partial charge in [-0.3, -0.25) is 19.3 Å². The van der Waals surface area contributed by atoms with Crippen LogP contribution >= 0.6 is 11.6 Å². The number of imide groups is 2. The summed E-state index contributed by atoms with van der Waals surface area (Å²) in [5, 5.41) is 3.11. The molecule has 0 spiro atoms. The predicted octanol–water partition coefficient (Wildman–Crippen LogP) is 2.65. The molecule has 2 aliphatic rings. The van der Waals surface area contributed by atoms with E-state index in [4.69, 9.17) is 11.6 Å². The van der Waals surface area contributed by atoms with Crippen molar-refractivity contribution in [3.63, 3.8) is 0 Å². The van der Waals surface area contributed by atoms with Gasteiger partial charge in [-0.25, -0.2) is 9.69 Å². The molecule has 1 saturated carbocycles. The molecule has 1 heterocycles. The number of carbonyl (C=O) groups excluding carboxylic acids is 4. The molecule has 0 radical (unpaired) electrons. The number of halogens is 1. The first kappa shape index (κ1) is 18.4. The van der Waals surface area contributed by atoms with Crippen LogP contribution in [0, 0.1) is 5.92 Å². The lowest BCUT2D eigenvalue weighted by Gasteiger charge is -2.34. The van der Waals surface area contributed by atoms with E-state index >= 15 is 0 Å². The average Bonchev–Trinajstić information content (AvgIpc) is 2.81. The van der Waals surface area contributed by atoms with Gasteiger partial charge in [0.05, 0.1) is 0 Å². The number of nitrogens with one attached hydrogen (secondary N) is 1. The summed E-state index contributed by atoms with van der Waals surface area (Å²) in [6.45, 7) is 1.48. The largest absolute Gasteiger partial charge is 0.334 e. The van der Waals surface area contributed by atoms with Crippen LogP contribution in [0.2, 0.25) is 5.02 Å². The molecular weight excluding hydrogens is 358 g/mol. The number of amides is 5. The van der Waals surface area contributed by atoms with E-state index in [0.717, 1.165) is 29.1 Å². The van der Waals surface area contributed by atoms with Gasteiger partial charge in [-0.05, 0) is 43.0 Å². The number of hydrogen-bond donors (Lipinski definition) is 1. The zero-order chi connectivity index (χ0) is 18.8. The van der Waals surface area contributed by atoms with Gasteiger partial charge in [0.2, 0.25) is 5.91 Å². The zero-order valence-corrected chi connectivity index (χ0v) is 15.2. The fraction of sp³-hybridized carbons (Fsp3) is 0.444. The van der Waals surface area contributed by atoms with E-state index in [9.17, 15) is 19.2 Å². The van der Waals surface area contributed by atoms with Gasteiger partial charge in [0.25, 0.3) is 0 Å². The molecule has 138 valence electrons. The SMILES string of the molecule is C[C@H]1CCCC[C@@H]1N1C(=O)C(=O)N(CC(=O)Nc2ccc(Cl)cc2)C1=O. The van der Waals surface area contributed by atoms with E-state index in [1.54, 1.807) is 24.3 Å². The molecule has 26 heavy (non-hydrogen) atoms. The average molecular weight is 378 g/mol. The Labute approximate surface area is 156 Å². The Hall–Kier alpha value is -2.41. The smallest absolute Gasteiger partial charge is 0.325 e. The fourth-order valence-electron chi connectivity index (χ4n) is 3.51. The summed E-state index contributed by atoms with van der Waals surface area (Å²) in [6.07, 6.45) is 3.57. The molecule has 1 saturated heterocycles. The predicted molar refractivity (Wildman–Crippen MR) is 95.5 cm³/mol. The summed E-state index contributed by atoms with van der Waals surface area (Å²) in [5.41, 5.74) is 0.489. The molecule has 0 unspecified atom stereocenters. The number of anilines is 1. The minimum atomic E-state index is -0.945. The fourth-order valence-corrected chi connectivity index (χ4v) is 3.64. The molecule has 2 atom stereocenters. The topological polar surface area (TPSA) is 86.8 Å². The number of urea groups is 1. The first-order valence-electron chi connectivity index (χ1n) is 8.63. The Kier molecular flexibility index (Phi) is 5.27. The molecule has 8 heteroatoms. The van der Waals surface area contributed by atoms with Crippen LogP contribution in [0.1, 0.15) is 32.6 Å². The molecule has 0 bridgehead atoms. The Balaban J connectivity index is 1.68. The summed E-state index contributed by atoms with van der Waals surface area (Å²) in [5.74, 6) is -2.19. The molecule has 2 fully saturated rings. The number of rotatable bonds is 4. The molecule has 0 aromatic heterocycles. The van der Waals surface area contributed by atoms with Crippen LogP contribution in [0.4, 0.5) is 10.5 Å². The van der Waals surface area contributed by atoms with Crippen molar-refractivity contribution in [3.05, 3.63) is 29.3 Å². The molecule has 1 aliphatic heterocycles. The van der Waals surface area contributed by atoms with Crippen molar-refractivity contribution in [3.8, 4) is 0 Å². The highest BCUT2D eigenvalue weighted by Gasteiger charge is 2.49. The van der Waals surface area contributed by atoms with Crippen LogP contribution in [0.15, 0.2) is 24.3 Å². The summed E-state index contributed by atoms with van der Waals surface area (Å²) < 4.78 is 0. The van der Waals surface area contributed by atoms with E-state index in [0.29, 0.717) is 17.1 Å². The first-order valence-corrected chi connectivity index (χ1v) is 9.00. The van der Waals surface area contributed by atoms with Crippen LogP contribution in [-0.4, -0.2) is 46.1 Å². The molecule has 1 N–H and O–H groups in total. The van der Waals surface area contributed by atoms with Crippen molar-refractivity contribution in [2.24, 2.45) is 5.92 Å². The molecule has 1 aromatic rings. The van der Waals surface area contributed by atoms with Gasteiger partial charge in [0, 0.05) is 16.8 Å². The van der Waals surface area contributed by atoms with Crippen molar-refractivity contribution in [1.82, 2.24) is 9.80 Å². The quantitative estimate of drug-likeness (QED) is 0.645. The highest BCUT2D eigenvalue weighted by Crippen LogP contribution is 2.31. The normalized spacial score (nSPS) is 23.5. The molecular formula is C18H20ClN3O4. The van der Waals surface area contributed by atoms with Crippen molar-refractivity contribution in [2.45, 2.75) is 38.6 Å². The Morgan fingerprint density at radius 3 is 2.42 bits per heavy atom. The molecule has 3 rings (SSSR count). The van der Waals surface area contributed by atoms with Gasteiger partial charge in [-0.1, -0.05) is 31.4 Å². The second-order valence-electron chi connectivity index (χ2n) is 6.73. The Morgan fingerprint density at radius 1 is 1.12 bits per heavy atom. The van der Waals surface area contributed by atoms with Gasteiger partial charge in [0.1, 0.15) is 6.54 Å². The highest BCUT2D eigenvalue weighted by molar-refractivity contribution is 6.45. The van der Waals surface area contributed by atoms with E-state index in [2.05, 4.69) is 5.32 Å². The summed E-state index contributed by atoms with van der Waals surface area (Å²) >= 11 is 5.79. The molecule has 1 aliphatic carbocycles. The minimum Gasteiger partial charge on any atom is -0.325 e. The third kappa shape index (κ3) is 3.58. The van der Waals surface area contributed by atoms with Gasteiger partial charge < -0.3 is 5.32 Å². The summed E-state index contributed by atoms with van der Waals surface area (Å²) in [6, 6.07) is 5.45. The second-order valence-corrected chi connectivity index (χ2v) is 7.17. The zero-order valence-electron chi connectivity index (χ0n) is 14.4. The van der Waals surface area contributed by atoms with Gasteiger partial charge >= 0.3 is 17.8 Å². The number of hydrogen-bond acceptors (Lipinski definition) is 4. The number of carbonyl (C=O) groups is 4. The maximum atomic E-state index is 12.6. The summed E-state index contributed by atoms with van der Waals surface area (Å²) in [4.78, 5) is 51.1. The van der Waals surface area contributed by atoms with Crippen molar-refractivity contribution in [1.29, 1.82) is 0 Å². The second kappa shape index (κ2) is 7.45. The highest BCUT2D eigenvalue weighted by atomic mass is 35.5. The maximum absolute atomic E-state index is 12.6. The van der Waals surface area contributed by atoms with E-state index in [1.165, 1.54) is 0 Å². The van der Waals surface area contributed by atoms with Crippen LogP contribution in [0.3, 0.4) is 0 Å². The van der Waals surface area contributed by atoms with Gasteiger partial charge in [0.15, 0.2) is 0 Å². The number of nitrogens with zero attached hydrogens (tertiary/aromatic N) is 2. The van der Waals surface area contributed by atoms with E-state index in [-0.39, 0.29) is 12.0 Å². The van der Waals surface area contributed by atoms with Crippen molar-refractivity contribution < 1.29 is 19.2 Å². The molecule has 1 aromatic carbocycles. The minimum absolute atomic E-state index is 0.146. The van der Waals surface area contributed by atoms with Crippen LogP contribution in [0.5, 0.6) is 0 Å². The standard InChI is InChI=1S/C18H20ClN3O4/c1-11-4-2-3-5-14(11)22-17(25)16(24)21(18(22)26)10-15(23)20-13-8-6-12(19)7-9-13/h6-9,11,14H,2-5,10H2,1H3,(H,20,23)/t11-,14-/m0/s1. The Morgan fingerprint density at radius 2 is 1.77 bits per heavy atom. The third-order valence-corrected chi connectivity index (χ3v) is 5.16. The molecule has 7 nitrogen and oxygen atoms in total. The van der Waals surface area contributed by atoms with Crippen LogP contribution in [0.25, 0.3) is 0 Å². The summed E-state index contributed by atoms with van der Waals surface area (Å²) in [7, 11) is 0. The molecule has 5 amide bonds. The van der Waals surface area contributed by atoms with Crippen molar-refractivity contribution >= 4 is 41.0 Å². The van der Waals surface area contributed by atoms with E-state index < -0.39 is 30.3 Å². The lowest BCUT2D eigenvalue weighted by molar-refractivity contribution is -0.145. The van der Waals surface area contributed by atoms with Crippen LogP contribution < -0.4 is 5.32 Å². The lowest BCUT2D eigenvalue weighted by Crippen LogP contribution is -2.46. The number of benzene rings is 1. The van der Waals surface area contributed by atoms with Crippen molar-refractivity contribution in [2.75, 3.05) is 11.9 Å². The Bertz CT molecular complexity index is 749. The maximum Gasteiger partial charge on any atom is 0.334 e. The first-order chi connectivity index (χ1) is 12.4. The van der Waals surface area contributed by atoms with Gasteiger partial charge in [-0.15, -0.1) is 0 Å². The third-order valence-electron chi connectivity index (χ3n) is 4.91. The van der Waals surface area contributed by atoms with Crippen LogP contribution in [-0.2, 0) is 14.4 Å². The monoisotopic (exact) mass is 377 g/mol.